The monoisotopic (exact) mass is 190 g/mol. The molecule has 3 heterocycles. The molecule has 1 aromatic heterocycles. The van der Waals surface area contributed by atoms with Gasteiger partial charge in [0.1, 0.15) is 0 Å². The summed E-state index contributed by atoms with van der Waals surface area (Å²) in [6.45, 7) is 0.930. The average molecular weight is 190 g/mol. The van der Waals surface area contributed by atoms with Crippen LogP contribution in [0.15, 0.2) is 35.0 Å². The van der Waals surface area contributed by atoms with Crippen LogP contribution in [0, 0.1) is 0 Å². The Morgan fingerprint density at radius 3 is 3.46 bits per heavy atom. The largest absolute Gasteiger partial charge is 0.379 e. The first-order valence-electron chi connectivity index (χ1n) is 4.38. The minimum absolute atomic E-state index is 0.930. The molecule has 0 saturated heterocycles. The number of aromatic nitrogens is 1. The van der Waals surface area contributed by atoms with E-state index in [1.165, 1.54) is 16.3 Å². The zero-order chi connectivity index (χ0) is 8.67. The fourth-order valence-corrected chi connectivity index (χ4v) is 2.60. The Balaban J connectivity index is 2.12. The number of fused-ring (bicyclic) bond motifs is 2. The summed E-state index contributed by atoms with van der Waals surface area (Å²) in [5.74, 6) is 1.10. The van der Waals surface area contributed by atoms with Crippen LogP contribution >= 0.6 is 11.8 Å². The summed E-state index contributed by atoms with van der Waals surface area (Å²) in [4.78, 5) is 1.36. The minimum Gasteiger partial charge on any atom is -0.379 e. The van der Waals surface area contributed by atoms with Crippen LogP contribution in [0.5, 0.6) is 0 Å². The molecule has 0 aromatic carbocycles. The van der Waals surface area contributed by atoms with Gasteiger partial charge in [0.05, 0.1) is 6.54 Å². The first kappa shape index (κ1) is 7.33. The molecule has 0 unspecified atom stereocenters. The van der Waals surface area contributed by atoms with E-state index < -0.39 is 0 Å². The van der Waals surface area contributed by atoms with Crippen molar-refractivity contribution in [3.8, 4) is 0 Å². The summed E-state index contributed by atoms with van der Waals surface area (Å²) in [6.07, 6.45) is 6.56. The van der Waals surface area contributed by atoms with E-state index in [-0.39, 0.29) is 0 Å². The van der Waals surface area contributed by atoms with Gasteiger partial charge in [-0.25, -0.2) is 0 Å². The molecular formula is C10H10N2S. The van der Waals surface area contributed by atoms with Gasteiger partial charge in [-0.05, 0) is 18.2 Å². The number of nitrogens with zero attached hydrogens (tertiary/aromatic N) is 1. The number of thioether (sulfide) groups is 1. The topological polar surface area (TPSA) is 17.0 Å². The van der Waals surface area contributed by atoms with Crippen LogP contribution in [-0.4, -0.2) is 10.3 Å². The Kier molecular flexibility index (Phi) is 1.52. The first-order chi connectivity index (χ1) is 6.43. The maximum absolute atomic E-state index is 3.44. The quantitative estimate of drug-likeness (QED) is 0.674. The molecule has 0 saturated carbocycles. The zero-order valence-corrected chi connectivity index (χ0v) is 7.97. The standard InChI is InChI=1S/C10H10N2S/c1-2-8-6-11-9-3-5-13-10(9)7-12(8)4-1/h1-4,7,11H,5-6H2. The van der Waals surface area contributed by atoms with Crippen molar-refractivity contribution < 1.29 is 0 Å². The van der Waals surface area contributed by atoms with E-state index in [4.69, 9.17) is 0 Å². The van der Waals surface area contributed by atoms with Gasteiger partial charge >= 0.3 is 0 Å². The third-order valence-electron chi connectivity index (χ3n) is 2.37. The molecule has 3 heteroatoms. The van der Waals surface area contributed by atoms with Crippen molar-refractivity contribution in [1.82, 2.24) is 9.88 Å². The Morgan fingerprint density at radius 1 is 1.46 bits per heavy atom. The van der Waals surface area contributed by atoms with E-state index in [1.54, 1.807) is 0 Å². The maximum atomic E-state index is 3.44. The second kappa shape index (κ2) is 2.70. The third kappa shape index (κ3) is 1.11. The highest BCUT2D eigenvalue weighted by molar-refractivity contribution is 8.03. The highest BCUT2D eigenvalue weighted by Crippen LogP contribution is 2.32. The summed E-state index contributed by atoms with van der Waals surface area (Å²) < 4.78 is 2.20. The lowest BCUT2D eigenvalue weighted by Gasteiger charge is -2.02. The molecule has 66 valence electrons. The molecular weight excluding hydrogens is 180 g/mol. The van der Waals surface area contributed by atoms with Crippen molar-refractivity contribution in [2.45, 2.75) is 6.54 Å². The average Bonchev–Trinajstić information content (AvgIpc) is 2.72. The predicted octanol–water partition coefficient (Wildman–Crippen LogP) is 2.02. The van der Waals surface area contributed by atoms with Gasteiger partial charge in [-0.3, -0.25) is 0 Å². The molecule has 2 nitrogen and oxygen atoms in total. The van der Waals surface area contributed by atoms with E-state index in [2.05, 4.69) is 40.5 Å². The van der Waals surface area contributed by atoms with Crippen LogP contribution in [0.4, 0.5) is 0 Å². The summed E-state index contributed by atoms with van der Waals surface area (Å²) in [5.41, 5.74) is 2.62. The van der Waals surface area contributed by atoms with E-state index in [9.17, 15) is 0 Å². The zero-order valence-electron chi connectivity index (χ0n) is 7.16. The molecule has 0 spiro atoms. The lowest BCUT2D eigenvalue weighted by molar-refractivity contribution is 0.804. The van der Waals surface area contributed by atoms with Crippen molar-refractivity contribution in [3.05, 3.63) is 40.7 Å². The SMILES string of the molecule is C1=C2NCc3cccn3C=C2SC1. The molecule has 13 heavy (non-hydrogen) atoms. The third-order valence-corrected chi connectivity index (χ3v) is 3.34. The summed E-state index contributed by atoms with van der Waals surface area (Å²) >= 11 is 1.89. The lowest BCUT2D eigenvalue weighted by Crippen LogP contribution is -2.10. The lowest BCUT2D eigenvalue weighted by atomic mass is 10.4. The highest BCUT2D eigenvalue weighted by Gasteiger charge is 2.15. The number of nitrogens with one attached hydrogen (secondary N) is 1. The maximum Gasteiger partial charge on any atom is 0.0557 e. The first-order valence-corrected chi connectivity index (χ1v) is 5.37. The Morgan fingerprint density at radius 2 is 2.46 bits per heavy atom. The fourth-order valence-electron chi connectivity index (χ4n) is 1.68. The van der Waals surface area contributed by atoms with Crippen LogP contribution < -0.4 is 5.32 Å². The molecule has 0 fully saturated rings. The van der Waals surface area contributed by atoms with Crippen molar-refractivity contribution >= 4 is 18.0 Å². The summed E-state index contributed by atoms with van der Waals surface area (Å²) in [7, 11) is 0. The van der Waals surface area contributed by atoms with Gasteiger partial charge in [-0.15, -0.1) is 11.8 Å². The van der Waals surface area contributed by atoms with Gasteiger partial charge in [0.25, 0.3) is 0 Å². The van der Waals surface area contributed by atoms with Crippen LogP contribution in [0.2, 0.25) is 0 Å². The number of rotatable bonds is 0. The van der Waals surface area contributed by atoms with Crippen LogP contribution in [0.1, 0.15) is 5.69 Å². The Labute approximate surface area is 81.3 Å². The van der Waals surface area contributed by atoms with Gasteiger partial charge in [0.2, 0.25) is 0 Å². The molecule has 1 aromatic rings. The Bertz CT molecular complexity index is 401. The number of hydrogen-bond donors (Lipinski definition) is 1. The van der Waals surface area contributed by atoms with Gasteiger partial charge in [0.15, 0.2) is 0 Å². The molecule has 2 aliphatic heterocycles. The van der Waals surface area contributed by atoms with Crippen LogP contribution in [0.3, 0.4) is 0 Å². The van der Waals surface area contributed by atoms with Gasteiger partial charge < -0.3 is 9.88 Å². The molecule has 1 N–H and O–H groups in total. The molecule has 0 radical (unpaired) electrons. The predicted molar refractivity (Wildman–Crippen MR) is 56.1 cm³/mol. The molecule has 0 bridgehead atoms. The van der Waals surface area contributed by atoms with Crippen molar-refractivity contribution in [1.29, 1.82) is 0 Å². The van der Waals surface area contributed by atoms with Gasteiger partial charge in [-0.2, -0.15) is 0 Å². The van der Waals surface area contributed by atoms with E-state index in [1.807, 2.05) is 11.8 Å². The second-order valence-electron chi connectivity index (χ2n) is 3.18. The van der Waals surface area contributed by atoms with E-state index in [0.717, 1.165) is 12.3 Å². The minimum atomic E-state index is 0.930. The van der Waals surface area contributed by atoms with Crippen LogP contribution in [-0.2, 0) is 6.54 Å². The smallest absolute Gasteiger partial charge is 0.0557 e. The van der Waals surface area contributed by atoms with Gasteiger partial charge in [-0.1, -0.05) is 0 Å². The molecule has 0 amide bonds. The molecule has 3 rings (SSSR count). The second-order valence-corrected chi connectivity index (χ2v) is 4.24. The van der Waals surface area contributed by atoms with Gasteiger partial charge in [0, 0.05) is 34.4 Å². The normalized spacial score (nSPS) is 19.4. The highest BCUT2D eigenvalue weighted by atomic mass is 32.2. The molecule has 2 aliphatic rings. The summed E-state index contributed by atoms with van der Waals surface area (Å²) in [6, 6.07) is 4.23. The Hall–Kier alpha value is -1.09. The number of hydrogen-bond acceptors (Lipinski definition) is 2. The van der Waals surface area contributed by atoms with Crippen molar-refractivity contribution in [2.24, 2.45) is 0 Å². The fraction of sp³-hybridized carbons (Fsp3) is 0.200. The summed E-state index contributed by atoms with van der Waals surface area (Å²) in [5, 5.41) is 3.44. The van der Waals surface area contributed by atoms with E-state index in [0.29, 0.717) is 0 Å². The van der Waals surface area contributed by atoms with Crippen LogP contribution in [0.25, 0.3) is 6.20 Å². The molecule has 0 atom stereocenters. The van der Waals surface area contributed by atoms with E-state index >= 15 is 0 Å². The van der Waals surface area contributed by atoms with Crippen molar-refractivity contribution in [2.75, 3.05) is 5.75 Å². The molecule has 0 aliphatic carbocycles. The van der Waals surface area contributed by atoms with Crippen molar-refractivity contribution in [3.63, 3.8) is 0 Å².